The lowest BCUT2D eigenvalue weighted by atomic mass is 10.0. The van der Waals surface area contributed by atoms with Crippen molar-refractivity contribution in [3.63, 3.8) is 0 Å². The van der Waals surface area contributed by atoms with Crippen LogP contribution in [-0.2, 0) is 11.2 Å². The highest BCUT2D eigenvalue weighted by atomic mass is 32.1. The number of nitrogens with zero attached hydrogens (tertiary/aromatic N) is 5. The summed E-state index contributed by atoms with van der Waals surface area (Å²) in [6, 6.07) is 8.36. The van der Waals surface area contributed by atoms with Gasteiger partial charge < -0.3 is 14.2 Å². The molecule has 158 valence electrons. The van der Waals surface area contributed by atoms with Crippen LogP contribution in [0.3, 0.4) is 0 Å². The van der Waals surface area contributed by atoms with E-state index in [1.807, 2.05) is 11.8 Å². The van der Waals surface area contributed by atoms with E-state index in [0.29, 0.717) is 37.7 Å². The highest BCUT2D eigenvalue weighted by Gasteiger charge is 2.23. The number of benzene rings is 1. The largest absolute Gasteiger partial charge is 0.441 e. The van der Waals surface area contributed by atoms with Crippen molar-refractivity contribution in [1.29, 1.82) is 0 Å². The molecule has 7 nitrogen and oxygen atoms in total. The Kier molecular flexibility index (Phi) is 6.13. The second-order valence-electron chi connectivity index (χ2n) is 7.87. The van der Waals surface area contributed by atoms with E-state index in [0.717, 1.165) is 34.6 Å². The molecular weight excluding hydrogens is 398 g/mol. The minimum atomic E-state index is 0.143. The van der Waals surface area contributed by atoms with E-state index in [2.05, 4.69) is 58.2 Å². The van der Waals surface area contributed by atoms with Crippen LogP contribution in [0.1, 0.15) is 42.6 Å². The van der Waals surface area contributed by atoms with Crippen molar-refractivity contribution in [2.45, 2.75) is 39.5 Å². The van der Waals surface area contributed by atoms with E-state index in [1.54, 1.807) is 17.5 Å². The Morgan fingerprint density at radius 3 is 2.50 bits per heavy atom. The molecule has 0 bridgehead atoms. The quantitative estimate of drug-likeness (QED) is 0.596. The molecule has 2 aromatic heterocycles. The fourth-order valence-electron chi connectivity index (χ4n) is 3.52. The van der Waals surface area contributed by atoms with Crippen molar-refractivity contribution in [1.82, 2.24) is 20.1 Å². The van der Waals surface area contributed by atoms with E-state index < -0.39 is 0 Å². The van der Waals surface area contributed by atoms with Crippen molar-refractivity contribution in [2.75, 3.05) is 31.1 Å². The van der Waals surface area contributed by atoms with Gasteiger partial charge in [-0.1, -0.05) is 49.4 Å². The molecule has 1 aromatic carbocycles. The van der Waals surface area contributed by atoms with Crippen molar-refractivity contribution >= 4 is 22.4 Å². The van der Waals surface area contributed by atoms with E-state index in [-0.39, 0.29) is 5.91 Å². The molecule has 3 aromatic rings. The number of hydrogen-bond donors (Lipinski definition) is 0. The van der Waals surface area contributed by atoms with Crippen LogP contribution < -0.4 is 4.90 Å². The molecule has 1 amide bonds. The predicted molar refractivity (Wildman–Crippen MR) is 118 cm³/mol. The van der Waals surface area contributed by atoms with Gasteiger partial charge in [0.25, 0.3) is 0 Å². The van der Waals surface area contributed by atoms with E-state index >= 15 is 0 Å². The summed E-state index contributed by atoms with van der Waals surface area (Å²) in [5.74, 6) is 1.99. The molecule has 3 heterocycles. The molecule has 0 radical (unpaired) electrons. The van der Waals surface area contributed by atoms with Crippen LogP contribution in [0.15, 0.2) is 34.9 Å². The fraction of sp³-hybridized carbons (Fsp3) is 0.455. The normalized spacial score (nSPS) is 14.5. The van der Waals surface area contributed by atoms with Crippen LogP contribution >= 0.6 is 11.3 Å². The SMILES string of the molecule is Cc1nnc(N2CCN(C(=O)CCc3ncc(-c4ccc(C(C)C)cc4)o3)CC2)s1. The molecule has 1 saturated heterocycles. The average molecular weight is 426 g/mol. The second-order valence-corrected chi connectivity index (χ2v) is 9.03. The third-order valence-electron chi connectivity index (χ3n) is 5.39. The number of aryl methyl sites for hydroxylation is 2. The number of oxazole rings is 1. The zero-order valence-electron chi connectivity index (χ0n) is 17.7. The zero-order chi connectivity index (χ0) is 21.1. The van der Waals surface area contributed by atoms with Crippen LogP contribution in [0, 0.1) is 6.92 Å². The zero-order valence-corrected chi connectivity index (χ0v) is 18.5. The number of piperazine rings is 1. The van der Waals surface area contributed by atoms with Crippen LogP contribution in [0.2, 0.25) is 0 Å². The molecule has 0 unspecified atom stereocenters. The highest BCUT2D eigenvalue weighted by molar-refractivity contribution is 7.15. The highest BCUT2D eigenvalue weighted by Crippen LogP contribution is 2.24. The predicted octanol–water partition coefficient (Wildman–Crippen LogP) is 3.91. The molecular formula is C22H27N5O2S. The Hall–Kier alpha value is -2.74. The van der Waals surface area contributed by atoms with Crippen molar-refractivity contribution in [3.8, 4) is 11.3 Å². The molecule has 0 saturated carbocycles. The van der Waals surface area contributed by atoms with Crippen LogP contribution in [0.4, 0.5) is 5.13 Å². The van der Waals surface area contributed by atoms with E-state index in [9.17, 15) is 4.79 Å². The number of aromatic nitrogens is 3. The maximum absolute atomic E-state index is 12.6. The van der Waals surface area contributed by atoms with Gasteiger partial charge in [0.05, 0.1) is 6.20 Å². The molecule has 0 N–H and O–H groups in total. The Bertz CT molecular complexity index is 987. The van der Waals surface area contributed by atoms with Crippen LogP contribution in [0.25, 0.3) is 11.3 Å². The minimum absolute atomic E-state index is 0.143. The average Bonchev–Trinajstić information content (AvgIpc) is 3.41. The topological polar surface area (TPSA) is 75.4 Å². The Balaban J connectivity index is 1.27. The Morgan fingerprint density at radius 1 is 1.13 bits per heavy atom. The molecule has 0 atom stereocenters. The molecule has 0 spiro atoms. The van der Waals surface area contributed by atoms with Crippen molar-refractivity contribution < 1.29 is 9.21 Å². The van der Waals surface area contributed by atoms with E-state index in [4.69, 9.17) is 4.42 Å². The Morgan fingerprint density at radius 2 is 1.87 bits per heavy atom. The monoisotopic (exact) mass is 425 g/mol. The van der Waals surface area contributed by atoms with Gasteiger partial charge in [-0.2, -0.15) is 0 Å². The number of hydrogen-bond acceptors (Lipinski definition) is 7. The van der Waals surface area contributed by atoms with Gasteiger partial charge in [0.1, 0.15) is 5.01 Å². The summed E-state index contributed by atoms with van der Waals surface area (Å²) in [5, 5.41) is 10.2. The number of rotatable bonds is 6. The van der Waals surface area contributed by atoms with Crippen molar-refractivity contribution in [2.24, 2.45) is 0 Å². The fourth-order valence-corrected chi connectivity index (χ4v) is 4.26. The maximum atomic E-state index is 12.6. The summed E-state index contributed by atoms with van der Waals surface area (Å²) in [6.07, 6.45) is 2.66. The minimum Gasteiger partial charge on any atom is -0.441 e. The van der Waals surface area contributed by atoms with Crippen molar-refractivity contribution in [3.05, 3.63) is 46.9 Å². The summed E-state index contributed by atoms with van der Waals surface area (Å²) in [5.41, 5.74) is 2.30. The summed E-state index contributed by atoms with van der Waals surface area (Å²) in [7, 11) is 0. The first-order valence-electron chi connectivity index (χ1n) is 10.4. The van der Waals surface area contributed by atoms with Gasteiger partial charge in [-0.05, 0) is 18.4 Å². The first-order valence-corrected chi connectivity index (χ1v) is 11.2. The first-order chi connectivity index (χ1) is 14.5. The number of anilines is 1. The number of carbonyl (C=O) groups excluding carboxylic acids is 1. The van der Waals surface area contributed by atoms with Gasteiger partial charge in [0, 0.05) is 44.6 Å². The molecule has 1 fully saturated rings. The molecule has 30 heavy (non-hydrogen) atoms. The standard InChI is InChI=1S/C22H27N5O2S/c1-15(2)17-4-6-18(7-5-17)19-14-23-20(29-19)8-9-21(28)26-10-12-27(13-11-26)22-25-24-16(3)30-22/h4-7,14-15H,8-13H2,1-3H3. The Labute approximate surface area is 180 Å². The molecule has 0 aliphatic carbocycles. The first kappa shape index (κ1) is 20.5. The van der Waals surface area contributed by atoms with Gasteiger partial charge in [-0.25, -0.2) is 4.98 Å². The third kappa shape index (κ3) is 4.70. The third-order valence-corrected chi connectivity index (χ3v) is 6.29. The van der Waals surface area contributed by atoms with Crippen LogP contribution in [0.5, 0.6) is 0 Å². The lowest BCUT2D eigenvalue weighted by Crippen LogP contribution is -2.48. The lowest BCUT2D eigenvalue weighted by Gasteiger charge is -2.34. The van der Waals surface area contributed by atoms with E-state index in [1.165, 1.54) is 5.56 Å². The van der Waals surface area contributed by atoms with Gasteiger partial charge >= 0.3 is 0 Å². The molecule has 4 rings (SSSR count). The second kappa shape index (κ2) is 8.95. The summed E-state index contributed by atoms with van der Waals surface area (Å²) in [4.78, 5) is 21.1. The van der Waals surface area contributed by atoms with Gasteiger partial charge in [-0.15, -0.1) is 10.2 Å². The summed E-state index contributed by atoms with van der Waals surface area (Å²) in [6.45, 7) is 9.29. The smallest absolute Gasteiger partial charge is 0.223 e. The molecule has 1 aliphatic rings. The maximum Gasteiger partial charge on any atom is 0.223 e. The van der Waals surface area contributed by atoms with Gasteiger partial charge in [0.15, 0.2) is 11.7 Å². The van der Waals surface area contributed by atoms with Gasteiger partial charge in [0.2, 0.25) is 11.0 Å². The summed E-state index contributed by atoms with van der Waals surface area (Å²) < 4.78 is 5.88. The van der Waals surface area contributed by atoms with Crippen LogP contribution in [-0.4, -0.2) is 52.2 Å². The molecule has 8 heteroatoms. The number of amides is 1. The molecule has 1 aliphatic heterocycles. The lowest BCUT2D eigenvalue weighted by molar-refractivity contribution is -0.131. The summed E-state index contributed by atoms with van der Waals surface area (Å²) >= 11 is 1.59. The number of carbonyl (C=O) groups is 1. The van der Waals surface area contributed by atoms with Gasteiger partial charge in [-0.3, -0.25) is 4.79 Å².